The van der Waals surface area contributed by atoms with E-state index in [1.165, 1.54) is 16.8 Å². The Morgan fingerprint density at radius 3 is 2.62 bits per heavy atom. The summed E-state index contributed by atoms with van der Waals surface area (Å²) in [5.74, 6) is -0.424. The molecule has 0 radical (unpaired) electrons. The van der Waals surface area contributed by atoms with Gasteiger partial charge in [0.1, 0.15) is 35.7 Å². The first-order chi connectivity index (χ1) is 16.3. The molecular formula is C22H15Cl2N5O5. The standard InChI is InChI=1S/C22H15Cl2N5O5/c1-12-16(21(24)28(27-12)15-4-2-3-14(23)8-15)7-13(11-25)22(30)26-17-9-19-20(34-6-5-33-19)10-18(17)29(31)32/h2-4,7-10H,5-6H2,1H3,(H,26,30). The van der Waals surface area contributed by atoms with Crippen LogP contribution in [0.2, 0.25) is 10.2 Å². The Kier molecular flexibility index (Phi) is 6.40. The summed E-state index contributed by atoms with van der Waals surface area (Å²) in [5, 5.41) is 28.5. The van der Waals surface area contributed by atoms with Crippen LogP contribution in [0.25, 0.3) is 11.8 Å². The minimum atomic E-state index is -0.867. The highest BCUT2D eigenvalue weighted by atomic mass is 35.5. The fourth-order valence-corrected chi connectivity index (χ4v) is 3.78. The number of nitrogens with zero attached hydrogens (tertiary/aromatic N) is 4. The Morgan fingerprint density at radius 1 is 1.26 bits per heavy atom. The minimum Gasteiger partial charge on any atom is -0.486 e. The van der Waals surface area contributed by atoms with Crippen molar-refractivity contribution in [2.45, 2.75) is 6.92 Å². The van der Waals surface area contributed by atoms with Crippen molar-refractivity contribution in [2.75, 3.05) is 18.5 Å². The second-order valence-corrected chi connectivity index (χ2v) is 7.87. The van der Waals surface area contributed by atoms with Gasteiger partial charge < -0.3 is 14.8 Å². The molecule has 3 aromatic rings. The Bertz CT molecular complexity index is 1390. The number of nitrogens with one attached hydrogen (secondary N) is 1. The zero-order valence-corrected chi connectivity index (χ0v) is 19.1. The fourth-order valence-electron chi connectivity index (χ4n) is 3.27. The summed E-state index contributed by atoms with van der Waals surface area (Å²) >= 11 is 12.5. The first-order valence-corrected chi connectivity index (χ1v) is 10.6. The number of anilines is 1. The van der Waals surface area contributed by atoms with Gasteiger partial charge in [-0.15, -0.1) is 0 Å². The van der Waals surface area contributed by atoms with E-state index in [4.69, 9.17) is 32.7 Å². The minimum absolute atomic E-state index is 0.141. The molecule has 0 saturated carbocycles. The number of fused-ring (bicyclic) bond motifs is 1. The van der Waals surface area contributed by atoms with Crippen LogP contribution in [0, 0.1) is 28.4 Å². The van der Waals surface area contributed by atoms with Gasteiger partial charge in [0, 0.05) is 16.7 Å². The smallest absolute Gasteiger partial charge is 0.296 e. The third-order valence-corrected chi connectivity index (χ3v) is 5.46. The Labute approximate surface area is 203 Å². The lowest BCUT2D eigenvalue weighted by Gasteiger charge is -2.19. The van der Waals surface area contributed by atoms with E-state index in [0.717, 1.165) is 6.07 Å². The van der Waals surface area contributed by atoms with Gasteiger partial charge in [0.2, 0.25) is 0 Å². The predicted molar refractivity (Wildman–Crippen MR) is 125 cm³/mol. The van der Waals surface area contributed by atoms with Crippen LogP contribution < -0.4 is 14.8 Å². The molecule has 2 heterocycles. The number of amides is 1. The van der Waals surface area contributed by atoms with Crippen molar-refractivity contribution in [3.05, 3.63) is 73.5 Å². The van der Waals surface area contributed by atoms with Crippen molar-refractivity contribution in [1.82, 2.24) is 9.78 Å². The third-order valence-electron chi connectivity index (χ3n) is 4.86. The molecule has 1 aliphatic heterocycles. The first kappa shape index (κ1) is 23.1. The maximum Gasteiger partial charge on any atom is 0.296 e. The molecule has 0 spiro atoms. The third kappa shape index (κ3) is 4.52. The lowest BCUT2D eigenvalue weighted by molar-refractivity contribution is -0.384. The molecule has 172 valence electrons. The molecule has 0 saturated heterocycles. The van der Waals surface area contributed by atoms with Crippen molar-refractivity contribution in [3.63, 3.8) is 0 Å². The van der Waals surface area contributed by atoms with E-state index in [2.05, 4.69) is 10.4 Å². The largest absolute Gasteiger partial charge is 0.486 e. The van der Waals surface area contributed by atoms with Crippen LogP contribution in [0.1, 0.15) is 11.3 Å². The van der Waals surface area contributed by atoms with Gasteiger partial charge in [0.05, 0.1) is 22.4 Å². The van der Waals surface area contributed by atoms with Gasteiger partial charge >= 0.3 is 0 Å². The number of halogens is 2. The van der Waals surface area contributed by atoms with Crippen molar-refractivity contribution in [1.29, 1.82) is 5.26 Å². The molecule has 4 rings (SSSR count). The van der Waals surface area contributed by atoms with Crippen molar-refractivity contribution in [2.24, 2.45) is 0 Å². The average Bonchev–Trinajstić information content (AvgIpc) is 3.09. The maximum absolute atomic E-state index is 12.9. The Balaban J connectivity index is 1.68. The van der Waals surface area contributed by atoms with Crippen molar-refractivity contribution < 1.29 is 19.2 Å². The molecule has 0 bridgehead atoms. The summed E-state index contributed by atoms with van der Waals surface area (Å²) < 4.78 is 12.2. The number of ether oxygens (including phenoxy) is 2. The highest BCUT2D eigenvalue weighted by Crippen LogP contribution is 2.39. The van der Waals surface area contributed by atoms with Crippen LogP contribution in [0.4, 0.5) is 11.4 Å². The van der Waals surface area contributed by atoms with Crippen molar-refractivity contribution in [3.8, 4) is 23.3 Å². The van der Waals surface area contributed by atoms with E-state index in [0.29, 0.717) is 22.0 Å². The number of aryl methyl sites for hydroxylation is 1. The molecule has 0 aliphatic carbocycles. The van der Waals surface area contributed by atoms with E-state index in [1.807, 2.05) is 0 Å². The number of aromatic nitrogens is 2. The van der Waals surface area contributed by atoms with E-state index in [1.54, 1.807) is 37.3 Å². The van der Waals surface area contributed by atoms with Crippen LogP contribution in [-0.2, 0) is 4.79 Å². The number of carbonyl (C=O) groups is 1. The number of nitriles is 1. The number of rotatable bonds is 5. The molecule has 12 heteroatoms. The fraction of sp³-hybridized carbons (Fsp3) is 0.136. The van der Waals surface area contributed by atoms with Gasteiger partial charge in [0.15, 0.2) is 11.5 Å². The molecule has 0 fully saturated rings. The van der Waals surface area contributed by atoms with Crippen LogP contribution in [0.15, 0.2) is 42.0 Å². The van der Waals surface area contributed by atoms with Gasteiger partial charge in [-0.1, -0.05) is 29.3 Å². The Hall–Kier alpha value is -4.07. The van der Waals surface area contributed by atoms with Gasteiger partial charge in [0.25, 0.3) is 11.6 Å². The summed E-state index contributed by atoms with van der Waals surface area (Å²) in [5.41, 5.74) is 0.506. The number of hydrogen-bond acceptors (Lipinski definition) is 7. The van der Waals surface area contributed by atoms with E-state index >= 15 is 0 Å². The number of hydrogen-bond donors (Lipinski definition) is 1. The number of benzene rings is 2. The summed E-state index contributed by atoms with van der Waals surface area (Å²) in [4.78, 5) is 23.7. The number of carbonyl (C=O) groups excluding carboxylic acids is 1. The second kappa shape index (κ2) is 9.43. The Morgan fingerprint density at radius 2 is 1.97 bits per heavy atom. The molecule has 1 N–H and O–H groups in total. The lowest BCUT2D eigenvalue weighted by Crippen LogP contribution is -2.18. The van der Waals surface area contributed by atoms with Crippen molar-refractivity contribution >= 4 is 46.6 Å². The molecule has 1 amide bonds. The topological polar surface area (TPSA) is 132 Å². The van der Waals surface area contributed by atoms with Gasteiger partial charge in [-0.2, -0.15) is 10.4 Å². The summed E-state index contributed by atoms with van der Waals surface area (Å²) in [7, 11) is 0. The molecule has 1 aromatic heterocycles. The van der Waals surface area contributed by atoms with E-state index in [9.17, 15) is 20.2 Å². The molecule has 10 nitrogen and oxygen atoms in total. The molecule has 34 heavy (non-hydrogen) atoms. The average molecular weight is 500 g/mol. The van der Waals surface area contributed by atoms with Crippen LogP contribution in [0.5, 0.6) is 11.5 Å². The zero-order valence-electron chi connectivity index (χ0n) is 17.5. The van der Waals surface area contributed by atoms with Gasteiger partial charge in [-0.05, 0) is 31.2 Å². The SMILES string of the molecule is Cc1nn(-c2cccc(Cl)c2)c(Cl)c1C=C(C#N)C(=O)Nc1cc2c(cc1[N+](=O)[O-])OCCO2. The predicted octanol–water partition coefficient (Wildman–Crippen LogP) is 4.71. The summed E-state index contributed by atoms with van der Waals surface area (Å²) in [6.45, 7) is 2.17. The molecular weight excluding hydrogens is 485 g/mol. The molecule has 0 unspecified atom stereocenters. The zero-order chi connectivity index (χ0) is 24.4. The molecule has 1 aliphatic rings. The highest BCUT2D eigenvalue weighted by Gasteiger charge is 2.25. The number of nitro groups is 1. The second-order valence-electron chi connectivity index (χ2n) is 7.08. The van der Waals surface area contributed by atoms with Crippen LogP contribution in [-0.4, -0.2) is 33.8 Å². The first-order valence-electron chi connectivity index (χ1n) is 9.80. The van der Waals surface area contributed by atoms with Crippen LogP contribution >= 0.6 is 23.2 Å². The van der Waals surface area contributed by atoms with Gasteiger partial charge in [-0.3, -0.25) is 14.9 Å². The highest BCUT2D eigenvalue weighted by molar-refractivity contribution is 6.32. The van der Waals surface area contributed by atoms with E-state index < -0.39 is 16.5 Å². The number of nitro benzene ring substituents is 1. The maximum atomic E-state index is 12.9. The van der Waals surface area contributed by atoms with E-state index in [-0.39, 0.29) is 41.1 Å². The summed E-state index contributed by atoms with van der Waals surface area (Å²) in [6, 6.07) is 11.1. The normalized spacial score (nSPS) is 12.7. The monoisotopic (exact) mass is 499 g/mol. The quantitative estimate of drug-likeness (QED) is 0.232. The lowest BCUT2D eigenvalue weighted by atomic mass is 10.1. The molecule has 2 aromatic carbocycles. The molecule has 0 atom stereocenters. The summed E-state index contributed by atoms with van der Waals surface area (Å²) in [6.07, 6.45) is 1.27. The van der Waals surface area contributed by atoms with Crippen LogP contribution in [0.3, 0.4) is 0 Å². The van der Waals surface area contributed by atoms with Gasteiger partial charge in [-0.25, -0.2) is 4.68 Å².